The van der Waals surface area contributed by atoms with Crippen molar-refractivity contribution < 1.29 is 4.74 Å². The summed E-state index contributed by atoms with van der Waals surface area (Å²) in [7, 11) is 0. The Labute approximate surface area is 130 Å². The second kappa shape index (κ2) is 6.53. The molecule has 21 heavy (non-hydrogen) atoms. The Bertz CT molecular complexity index is 562. The minimum absolute atomic E-state index is 0.0886. The van der Waals surface area contributed by atoms with Gasteiger partial charge in [0.05, 0.1) is 12.6 Å². The molecule has 1 saturated heterocycles. The molecule has 2 aliphatic rings. The SMILES string of the molecule is CC(C)Sc1nc(=O)n(CC2CCCO2)c2c1CCCC2. The van der Waals surface area contributed by atoms with E-state index in [-0.39, 0.29) is 11.8 Å². The van der Waals surface area contributed by atoms with E-state index in [0.29, 0.717) is 11.8 Å². The number of fused-ring (bicyclic) bond motifs is 1. The van der Waals surface area contributed by atoms with Gasteiger partial charge in [-0.05, 0) is 38.5 Å². The Kier molecular flexibility index (Phi) is 4.69. The minimum Gasteiger partial charge on any atom is -0.376 e. The average Bonchev–Trinajstić information content (AvgIpc) is 2.95. The van der Waals surface area contributed by atoms with Crippen molar-refractivity contribution in [2.75, 3.05) is 6.61 Å². The van der Waals surface area contributed by atoms with Crippen LogP contribution in [0, 0.1) is 0 Å². The van der Waals surface area contributed by atoms with Crippen LogP contribution in [0.1, 0.15) is 50.8 Å². The van der Waals surface area contributed by atoms with E-state index in [2.05, 4.69) is 18.8 Å². The Balaban J connectivity index is 1.97. The molecule has 0 spiro atoms. The molecule has 5 heteroatoms. The molecule has 0 bridgehead atoms. The third-order valence-corrected chi connectivity index (χ3v) is 5.24. The normalized spacial score (nSPS) is 21.8. The van der Waals surface area contributed by atoms with Gasteiger partial charge in [-0.25, -0.2) is 4.79 Å². The van der Waals surface area contributed by atoms with Gasteiger partial charge in [0.15, 0.2) is 0 Å². The highest BCUT2D eigenvalue weighted by Gasteiger charge is 2.24. The van der Waals surface area contributed by atoms with Gasteiger partial charge >= 0.3 is 5.69 Å². The predicted octanol–water partition coefficient (Wildman–Crippen LogP) is 2.80. The van der Waals surface area contributed by atoms with Crippen LogP contribution >= 0.6 is 11.8 Å². The van der Waals surface area contributed by atoms with Crippen LogP contribution in [0.25, 0.3) is 0 Å². The number of hydrogen-bond acceptors (Lipinski definition) is 4. The fourth-order valence-electron chi connectivity index (χ4n) is 3.25. The Hall–Kier alpha value is -0.810. The van der Waals surface area contributed by atoms with Crippen LogP contribution in [0.5, 0.6) is 0 Å². The summed E-state index contributed by atoms with van der Waals surface area (Å²) in [5.41, 5.74) is 2.45. The van der Waals surface area contributed by atoms with Crippen molar-refractivity contribution in [1.82, 2.24) is 9.55 Å². The number of thioether (sulfide) groups is 1. The van der Waals surface area contributed by atoms with Crippen molar-refractivity contribution in [3.8, 4) is 0 Å². The highest BCUT2D eigenvalue weighted by atomic mass is 32.2. The molecule has 1 unspecified atom stereocenters. The fraction of sp³-hybridized carbons (Fsp3) is 0.750. The topological polar surface area (TPSA) is 44.1 Å². The van der Waals surface area contributed by atoms with Crippen molar-refractivity contribution >= 4 is 11.8 Å². The quantitative estimate of drug-likeness (QED) is 0.634. The second-order valence-electron chi connectivity index (χ2n) is 6.24. The zero-order valence-electron chi connectivity index (χ0n) is 12.9. The first-order chi connectivity index (χ1) is 10.1. The van der Waals surface area contributed by atoms with E-state index < -0.39 is 0 Å². The number of ether oxygens (including phenoxy) is 1. The lowest BCUT2D eigenvalue weighted by atomic mass is 9.97. The lowest BCUT2D eigenvalue weighted by Crippen LogP contribution is -2.33. The standard InChI is InChI=1S/C16H24N2O2S/c1-11(2)21-15-13-7-3-4-8-14(13)18(16(19)17-15)10-12-6-5-9-20-12/h11-12H,3-10H2,1-2H3. The van der Waals surface area contributed by atoms with Gasteiger partial charge in [0.25, 0.3) is 0 Å². The second-order valence-corrected chi connectivity index (χ2v) is 7.81. The summed E-state index contributed by atoms with van der Waals surface area (Å²) in [6.45, 7) is 5.82. The van der Waals surface area contributed by atoms with E-state index in [1.54, 1.807) is 11.8 Å². The molecule has 0 radical (unpaired) electrons. The molecule has 1 aliphatic heterocycles. The van der Waals surface area contributed by atoms with Gasteiger partial charge in [-0.3, -0.25) is 4.57 Å². The molecule has 1 aliphatic carbocycles. The van der Waals surface area contributed by atoms with Crippen LogP contribution in [0.2, 0.25) is 0 Å². The first-order valence-electron chi connectivity index (χ1n) is 8.06. The molecule has 1 atom stereocenters. The van der Waals surface area contributed by atoms with Crippen LogP contribution in [0.15, 0.2) is 9.82 Å². The predicted molar refractivity (Wildman–Crippen MR) is 85.1 cm³/mol. The van der Waals surface area contributed by atoms with E-state index >= 15 is 0 Å². The molecule has 1 fully saturated rings. The highest BCUT2D eigenvalue weighted by Crippen LogP contribution is 2.30. The zero-order valence-corrected chi connectivity index (χ0v) is 13.7. The van der Waals surface area contributed by atoms with Crippen LogP contribution in [-0.2, 0) is 24.1 Å². The van der Waals surface area contributed by atoms with Gasteiger partial charge in [0.1, 0.15) is 5.03 Å². The molecule has 2 heterocycles. The van der Waals surface area contributed by atoms with Gasteiger partial charge in [0.2, 0.25) is 0 Å². The molecular weight excluding hydrogens is 284 g/mol. The third-order valence-electron chi connectivity index (χ3n) is 4.21. The number of rotatable bonds is 4. The summed E-state index contributed by atoms with van der Waals surface area (Å²) < 4.78 is 7.60. The molecule has 0 aromatic carbocycles. The van der Waals surface area contributed by atoms with E-state index in [4.69, 9.17) is 4.74 Å². The molecule has 0 amide bonds. The van der Waals surface area contributed by atoms with Crippen molar-refractivity contribution in [2.45, 2.75) is 75.3 Å². The van der Waals surface area contributed by atoms with Crippen molar-refractivity contribution in [1.29, 1.82) is 0 Å². The number of nitrogens with zero attached hydrogens (tertiary/aromatic N) is 2. The summed E-state index contributed by atoms with van der Waals surface area (Å²) in [5.74, 6) is 0. The van der Waals surface area contributed by atoms with Gasteiger partial charge < -0.3 is 4.74 Å². The molecule has 1 aromatic heterocycles. The fourth-order valence-corrected chi connectivity index (χ4v) is 4.19. The Morgan fingerprint density at radius 3 is 2.86 bits per heavy atom. The molecule has 0 saturated carbocycles. The molecule has 4 nitrogen and oxygen atoms in total. The van der Waals surface area contributed by atoms with E-state index in [9.17, 15) is 4.79 Å². The molecular formula is C16H24N2O2S. The highest BCUT2D eigenvalue weighted by molar-refractivity contribution is 7.99. The van der Waals surface area contributed by atoms with E-state index in [1.807, 2.05) is 4.57 Å². The molecule has 3 rings (SSSR count). The summed E-state index contributed by atoms with van der Waals surface area (Å²) >= 11 is 1.72. The van der Waals surface area contributed by atoms with E-state index in [0.717, 1.165) is 37.3 Å². The summed E-state index contributed by atoms with van der Waals surface area (Å²) in [6, 6.07) is 0. The minimum atomic E-state index is -0.0886. The van der Waals surface area contributed by atoms with Gasteiger partial charge in [-0.15, -0.1) is 11.8 Å². The number of hydrogen-bond donors (Lipinski definition) is 0. The lowest BCUT2D eigenvalue weighted by molar-refractivity contribution is 0.0947. The van der Waals surface area contributed by atoms with Gasteiger partial charge in [-0.1, -0.05) is 13.8 Å². The third kappa shape index (κ3) is 3.34. The molecule has 116 valence electrons. The molecule has 0 N–H and O–H groups in total. The summed E-state index contributed by atoms with van der Waals surface area (Å²) in [5, 5.41) is 1.42. The Morgan fingerprint density at radius 1 is 1.33 bits per heavy atom. The van der Waals surface area contributed by atoms with Crippen LogP contribution in [-0.4, -0.2) is 27.5 Å². The van der Waals surface area contributed by atoms with Crippen molar-refractivity contribution in [3.05, 3.63) is 21.7 Å². The number of aromatic nitrogens is 2. The smallest absolute Gasteiger partial charge is 0.348 e. The Morgan fingerprint density at radius 2 is 2.14 bits per heavy atom. The maximum atomic E-state index is 12.5. The molecule has 1 aromatic rings. The van der Waals surface area contributed by atoms with E-state index in [1.165, 1.54) is 24.1 Å². The maximum Gasteiger partial charge on any atom is 0.348 e. The monoisotopic (exact) mass is 308 g/mol. The average molecular weight is 308 g/mol. The van der Waals surface area contributed by atoms with Gasteiger partial charge in [-0.2, -0.15) is 4.98 Å². The van der Waals surface area contributed by atoms with Crippen LogP contribution in [0.3, 0.4) is 0 Å². The largest absolute Gasteiger partial charge is 0.376 e. The summed E-state index contributed by atoms with van der Waals surface area (Å²) in [4.78, 5) is 16.8. The maximum absolute atomic E-state index is 12.5. The van der Waals surface area contributed by atoms with Crippen LogP contribution < -0.4 is 5.69 Å². The first kappa shape index (κ1) is 15.1. The van der Waals surface area contributed by atoms with Crippen molar-refractivity contribution in [3.63, 3.8) is 0 Å². The first-order valence-corrected chi connectivity index (χ1v) is 8.94. The van der Waals surface area contributed by atoms with Crippen molar-refractivity contribution in [2.24, 2.45) is 0 Å². The lowest BCUT2D eigenvalue weighted by Gasteiger charge is -2.24. The van der Waals surface area contributed by atoms with Gasteiger partial charge in [0, 0.05) is 23.1 Å². The zero-order chi connectivity index (χ0) is 14.8. The summed E-state index contributed by atoms with van der Waals surface area (Å²) in [6.07, 6.45) is 6.81. The van der Waals surface area contributed by atoms with Crippen LogP contribution in [0.4, 0.5) is 0 Å².